The quantitative estimate of drug-likeness (QED) is 0.593. The van der Waals surface area contributed by atoms with Crippen molar-refractivity contribution < 1.29 is 14.6 Å². The van der Waals surface area contributed by atoms with Crippen LogP contribution in [0, 0.1) is 5.92 Å². The predicted octanol–water partition coefficient (Wildman–Crippen LogP) is 0.165. The molecule has 0 bridgehead atoms. The molecule has 1 aliphatic heterocycles. The first-order valence-electron chi connectivity index (χ1n) is 8.67. The van der Waals surface area contributed by atoms with E-state index in [1.807, 2.05) is 0 Å². The molecule has 6 nitrogen and oxygen atoms in total. The maximum Gasteiger partial charge on any atom is 0.0847 e. The molecular weight excluding hydrogens is 282 g/mol. The van der Waals surface area contributed by atoms with E-state index in [-0.39, 0.29) is 18.3 Å². The van der Waals surface area contributed by atoms with Crippen LogP contribution in [0.5, 0.6) is 0 Å². The van der Waals surface area contributed by atoms with Gasteiger partial charge in [0, 0.05) is 38.9 Å². The van der Waals surface area contributed by atoms with Crippen LogP contribution in [-0.2, 0) is 9.47 Å². The van der Waals surface area contributed by atoms with Crippen molar-refractivity contribution in [2.24, 2.45) is 5.92 Å². The Morgan fingerprint density at radius 3 is 2.32 bits per heavy atom. The number of ether oxygens (including phenoxy) is 2. The summed E-state index contributed by atoms with van der Waals surface area (Å²) in [6, 6.07) is 0.991. The van der Waals surface area contributed by atoms with Crippen LogP contribution < -0.4 is 16.0 Å². The van der Waals surface area contributed by atoms with Crippen molar-refractivity contribution >= 4 is 0 Å². The van der Waals surface area contributed by atoms with Gasteiger partial charge in [-0.15, -0.1) is 0 Å². The first-order chi connectivity index (χ1) is 10.7. The molecule has 1 saturated heterocycles. The summed E-state index contributed by atoms with van der Waals surface area (Å²) in [5.41, 5.74) is 0. The van der Waals surface area contributed by atoms with Gasteiger partial charge in [-0.1, -0.05) is 0 Å². The van der Waals surface area contributed by atoms with Gasteiger partial charge in [-0.25, -0.2) is 0 Å². The van der Waals surface area contributed by atoms with Crippen LogP contribution in [0.15, 0.2) is 0 Å². The molecule has 4 N–H and O–H groups in total. The van der Waals surface area contributed by atoms with Crippen molar-refractivity contribution in [3.8, 4) is 0 Å². The number of aliphatic hydroxyl groups is 1. The van der Waals surface area contributed by atoms with Crippen LogP contribution >= 0.6 is 0 Å². The Labute approximate surface area is 133 Å². The van der Waals surface area contributed by atoms with E-state index in [0.29, 0.717) is 24.2 Å². The Bertz CT molecular complexity index is 350. The fourth-order valence-corrected chi connectivity index (χ4v) is 4.39. The average Bonchev–Trinajstić information content (AvgIpc) is 2.56. The second-order valence-corrected chi connectivity index (χ2v) is 7.02. The summed E-state index contributed by atoms with van der Waals surface area (Å²) < 4.78 is 11.3. The minimum Gasteiger partial charge on any atom is -0.393 e. The molecule has 5 unspecified atom stereocenters. The first-order valence-corrected chi connectivity index (χ1v) is 8.67. The molecule has 5 atom stereocenters. The number of hydrogen-bond donors (Lipinski definition) is 4. The molecule has 3 rings (SSSR count). The highest BCUT2D eigenvalue weighted by atomic mass is 16.5. The zero-order chi connectivity index (χ0) is 15.5. The van der Waals surface area contributed by atoms with Gasteiger partial charge in [0.1, 0.15) is 0 Å². The van der Waals surface area contributed by atoms with Crippen molar-refractivity contribution in [2.45, 2.75) is 75.1 Å². The predicted molar refractivity (Wildman–Crippen MR) is 84.4 cm³/mol. The molecule has 128 valence electrons. The van der Waals surface area contributed by atoms with Crippen molar-refractivity contribution in [3.63, 3.8) is 0 Å². The lowest BCUT2D eigenvalue weighted by atomic mass is 9.77. The molecule has 0 amide bonds. The second-order valence-electron chi connectivity index (χ2n) is 7.02. The van der Waals surface area contributed by atoms with Gasteiger partial charge >= 0.3 is 0 Å². The van der Waals surface area contributed by atoms with Crippen LogP contribution in [0.2, 0.25) is 0 Å². The Kier molecular flexibility index (Phi) is 5.70. The number of hydrogen-bond acceptors (Lipinski definition) is 6. The minimum atomic E-state index is -0.0956. The normalized spacial score (nSPS) is 46.2. The summed E-state index contributed by atoms with van der Waals surface area (Å²) in [4.78, 5) is 0. The zero-order valence-corrected chi connectivity index (χ0v) is 13.8. The van der Waals surface area contributed by atoms with Crippen molar-refractivity contribution in [1.29, 1.82) is 0 Å². The van der Waals surface area contributed by atoms with E-state index in [1.54, 1.807) is 14.2 Å². The summed E-state index contributed by atoms with van der Waals surface area (Å²) >= 11 is 0. The van der Waals surface area contributed by atoms with Crippen LogP contribution in [0.25, 0.3) is 0 Å². The molecule has 2 aliphatic carbocycles. The summed E-state index contributed by atoms with van der Waals surface area (Å²) in [6.07, 6.45) is 6.57. The number of nitrogens with one attached hydrogen (secondary N) is 3. The Balaban J connectivity index is 1.60. The van der Waals surface area contributed by atoms with Crippen LogP contribution in [0.1, 0.15) is 38.5 Å². The van der Waals surface area contributed by atoms with Gasteiger partial charge in [0.05, 0.1) is 24.5 Å². The fourth-order valence-electron chi connectivity index (χ4n) is 4.39. The standard InChI is InChI=1S/C16H31N3O3/c1-21-14-7-12-13(8-15(14)22-2)17-9-18-16(12)19-10-3-5-11(20)6-4-10/h10-20H,3-9H2,1-2H3. The number of rotatable bonds is 4. The Hall–Kier alpha value is -0.240. The smallest absolute Gasteiger partial charge is 0.0847 e. The van der Waals surface area contributed by atoms with E-state index in [4.69, 9.17) is 9.47 Å². The lowest BCUT2D eigenvalue weighted by molar-refractivity contribution is -0.0914. The summed E-state index contributed by atoms with van der Waals surface area (Å²) in [7, 11) is 3.56. The second kappa shape index (κ2) is 7.55. The van der Waals surface area contributed by atoms with E-state index in [9.17, 15) is 5.11 Å². The van der Waals surface area contributed by atoms with Crippen molar-refractivity contribution in [2.75, 3.05) is 20.9 Å². The highest BCUT2D eigenvalue weighted by Crippen LogP contribution is 2.32. The highest BCUT2D eigenvalue weighted by molar-refractivity contribution is 4.98. The summed E-state index contributed by atoms with van der Waals surface area (Å²) in [6.45, 7) is 0.836. The molecule has 3 fully saturated rings. The molecule has 1 heterocycles. The largest absolute Gasteiger partial charge is 0.393 e. The highest BCUT2D eigenvalue weighted by Gasteiger charge is 2.43. The van der Waals surface area contributed by atoms with Crippen LogP contribution in [-0.4, -0.2) is 62.6 Å². The molecule has 0 aromatic rings. The number of fused-ring (bicyclic) bond motifs is 1. The van der Waals surface area contributed by atoms with Gasteiger partial charge in [-0.05, 0) is 38.5 Å². The lowest BCUT2D eigenvalue weighted by Crippen LogP contribution is -2.67. The minimum absolute atomic E-state index is 0.0956. The van der Waals surface area contributed by atoms with Gasteiger partial charge < -0.3 is 19.9 Å². The van der Waals surface area contributed by atoms with Gasteiger partial charge in [-0.2, -0.15) is 0 Å². The van der Waals surface area contributed by atoms with Gasteiger partial charge in [-0.3, -0.25) is 10.6 Å². The van der Waals surface area contributed by atoms with Gasteiger partial charge in [0.25, 0.3) is 0 Å². The van der Waals surface area contributed by atoms with E-state index in [1.165, 1.54) is 0 Å². The number of aliphatic hydroxyl groups excluding tert-OH is 1. The molecule has 3 aliphatic rings. The fraction of sp³-hybridized carbons (Fsp3) is 1.00. The third-order valence-corrected chi connectivity index (χ3v) is 5.75. The molecule has 2 saturated carbocycles. The van der Waals surface area contributed by atoms with E-state index in [2.05, 4.69) is 16.0 Å². The molecule has 0 spiro atoms. The van der Waals surface area contributed by atoms with Crippen LogP contribution in [0.4, 0.5) is 0 Å². The SMILES string of the molecule is COC1CC2NCNC(NC3CCC(O)CC3)C2CC1OC. The van der Waals surface area contributed by atoms with Crippen molar-refractivity contribution in [3.05, 3.63) is 0 Å². The molecule has 0 aromatic carbocycles. The maximum atomic E-state index is 9.66. The van der Waals surface area contributed by atoms with Crippen molar-refractivity contribution in [1.82, 2.24) is 16.0 Å². The maximum absolute atomic E-state index is 9.66. The van der Waals surface area contributed by atoms with E-state index in [0.717, 1.165) is 45.2 Å². The molecule has 6 heteroatoms. The van der Waals surface area contributed by atoms with Gasteiger partial charge in [0.15, 0.2) is 0 Å². The van der Waals surface area contributed by atoms with Gasteiger partial charge in [0.2, 0.25) is 0 Å². The number of methoxy groups -OCH3 is 2. The lowest BCUT2D eigenvalue weighted by Gasteiger charge is -2.48. The summed E-state index contributed by atoms with van der Waals surface area (Å²) in [5, 5.41) is 20.6. The average molecular weight is 313 g/mol. The monoisotopic (exact) mass is 313 g/mol. The summed E-state index contributed by atoms with van der Waals surface area (Å²) in [5.74, 6) is 0.511. The Morgan fingerprint density at radius 2 is 1.64 bits per heavy atom. The topological polar surface area (TPSA) is 74.8 Å². The molecular formula is C16H31N3O3. The third-order valence-electron chi connectivity index (χ3n) is 5.75. The third kappa shape index (κ3) is 3.63. The zero-order valence-electron chi connectivity index (χ0n) is 13.8. The molecule has 22 heavy (non-hydrogen) atoms. The Morgan fingerprint density at radius 1 is 0.955 bits per heavy atom. The molecule has 0 radical (unpaired) electrons. The molecule has 0 aromatic heterocycles. The first kappa shape index (κ1) is 16.6. The van der Waals surface area contributed by atoms with E-state index >= 15 is 0 Å². The van der Waals surface area contributed by atoms with Crippen LogP contribution in [0.3, 0.4) is 0 Å². The van der Waals surface area contributed by atoms with E-state index < -0.39 is 0 Å².